The van der Waals surface area contributed by atoms with Crippen LogP contribution in [0.5, 0.6) is 0 Å². The van der Waals surface area contributed by atoms with Crippen molar-refractivity contribution in [3.05, 3.63) is 53.1 Å². The maximum absolute atomic E-state index is 13.4. The standard InChI is InChI=1S/C27H35N3O/c1-7-30(8-2)20-11-9-19(10-12-20)26-25-23(15-27(5,6)16-24(25)31)28-21-13-17(3)18(4)14-22(21)29-26/h9-14,25-26,29H,7-8,15-16H2,1-6H3/t25-,26-/m0/s1. The van der Waals surface area contributed by atoms with Crippen molar-refractivity contribution in [3.8, 4) is 0 Å². The number of Topliss-reactive ketones (excluding diaryl/α,β-unsaturated/α-hetero) is 1. The summed E-state index contributed by atoms with van der Waals surface area (Å²) in [5.74, 6) is 0.0712. The Hall–Kier alpha value is -2.62. The van der Waals surface area contributed by atoms with Gasteiger partial charge in [0.1, 0.15) is 5.78 Å². The Labute approximate surface area is 186 Å². The topological polar surface area (TPSA) is 44.7 Å². The molecule has 1 aliphatic carbocycles. The Morgan fingerprint density at radius 2 is 1.68 bits per heavy atom. The molecule has 4 nitrogen and oxygen atoms in total. The highest BCUT2D eigenvalue weighted by Gasteiger charge is 2.44. The fourth-order valence-corrected chi connectivity index (χ4v) is 5.09. The van der Waals surface area contributed by atoms with Gasteiger partial charge in [-0.15, -0.1) is 0 Å². The second-order valence-corrected chi connectivity index (χ2v) is 9.90. The molecule has 2 atom stereocenters. The van der Waals surface area contributed by atoms with E-state index >= 15 is 0 Å². The summed E-state index contributed by atoms with van der Waals surface area (Å²) in [6, 6.07) is 13.0. The molecule has 1 fully saturated rings. The van der Waals surface area contributed by atoms with Gasteiger partial charge in [0.15, 0.2) is 0 Å². The first-order valence-corrected chi connectivity index (χ1v) is 11.5. The van der Waals surface area contributed by atoms with Crippen LogP contribution in [0.25, 0.3) is 0 Å². The minimum atomic E-state index is -0.222. The molecule has 31 heavy (non-hydrogen) atoms. The molecule has 0 bridgehead atoms. The van der Waals surface area contributed by atoms with Crippen molar-refractivity contribution >= 4 is 28.6 Å². The van der Waals surface area contributed by atoms with Gasteiger partial charge >= 0.3 is 0 Å². The van der Waals surface area contributed by atoms with Crippen molar-refractivity contribution < 1.29 is 4.79 Å². The molecule has 0 spiro atoms. The lowest BCUT2D eigenvalue weighted by molar-refractivity contribution is -0.124. The number of aryl methyl sites for hydroxylation is 2. The summed E-state index contributed by atoms with van der Waals surface area (Å²) in [4.78, 5) is 20.8. The van der Waals surface area contributed by atoms with E-state index in [4.69, 9.17) is 4.99 Å². The van der Waals surface area contributed by atoms with Crippen molar-refractivity contribution in [2.24, 2.45) is 16.3 Å². The van der Waals surface area contributed by atoms with Gasteiger partial charge in [-0.25, -0.2) is 0 Å². The molecule has 1 aliphatic heterocycles. The molecule has 0 saturated heterocycles. The van der Waals surface area contributed by atoms with Crippen LogP contribution in [-0.4, -0.2) is 24.6 Å². The quantitative estimate of drug-likeness (QED) is 0.626. The third-order valence-corrected chi connectivity index (χ3v) is 6.92. The summed E-state index contributed by atoms with van der Waals surface area (Å²) in [7, 11) is 0. The van der Waals surface area contributed by atoms with Gasteiger partial charge in [0.25, 0.3) is 0 Å². The molecular weight excluding hydrogens is 382 g/mol. The average Bonchev–Trinajstić information content (AvgIpc) is 2.85. The van der Waals surface area contributed by atoms with Crippen molar-refractivity contribution in [2.75, 3.05) is 23.3 Å². The SMILES string of the molecule is CCN(CC)c1ccc([C@@H]2Nc3cc(C)c(C)cc3N=C3CC(C)(C)CC(=O)[C@H]32)cc1. The summed E-state index contributed by atoms with van der Waals surface area (Å²) in [6.45, 7) is 14.9. The number of rotatable bonds is 4. The van der Waals surface area contributed by atoms with E-state index in [2.05, 4.69) is 88.2 Å². The zero-order chi connectivity index (χ0) is 22.3. The van der Waals surface area contributed by atoms with Crippen LogP contribution >= 0.6 is 0 Å². The van der Waals surface area contributed by atoms with Crippen LogP contribution in [0.4, 0.5) is 17.1 Å². The molecule has 1 saturated carbocycles. The van der Waals surface area contributed by atoms with E-state index in [-0.39, 0.29) is 17.4 Å². The van der Waals surface area contributed by atoms with Crippen LogP contribution in [0, 0.1) is 25.2 Å². The molecule has 2 aromatic carbocycles. The highest BCUT2D eigenvalue weighted by atomic mass is 16.1. The predicted octanol–water partition coefficient (Wildman–Crippen LogP) is 6.39. The number of carbonyl (C=O) groups excluding carboxylic acids is 1. The molecule has 2 aromatic rings. The highest BCUT2D eigenvalue weighted by molar-refractivity contribution is 6.10. The molecule has 1 N–H and O–H groups in total. The van der Waals surface area contributed by atoms with E-state index in [1.54, 1.807) is 0 Å². The Morgan fingerprint density at radius 1 is 1.03 bits per heavy atom. The molecule has 164 valence electrons. The summed E-state index contributed by atoms with van der Waals surface area (Å²) < 4.78 is 0. The molecule has 0 radical (unpaired) electrons. The lowest BCUT2D eigenvalue weighted by atomic mass is 9.68. The van der Waals surface area contributed by atoms with Gasteiger partial charge in [0.05, 0.1) is 23.3 Å². The molecule has 0 unspecified atom stereocenters. The minimum Gasteiger partial charge on any atom is -0.375 e. The van der Waals surface area contributed by atoms with E-state index < -0.39 is 0 Å². The van der Waals surface area contributed by atoms with E-state index in [1.165, 1.54) is 16.8 Å². The van der Waals surface area contributed by atoms with E-state index in [1.807, 2.05) is 0 Å². The van der Waals surface area contributed by atoms with Crippen molar-refractivity contribution in [3.63, 3.8) is 0 Å². The Kier molecular flexibility index (Phi) is 5.67. The molecule has 4 rings (SSSR count). The molecular formula is C27H35N3O. The second kappa shape index (κ2) is 8.14. The van der Waals surface area contributed by atoms with Crippen LogP contribution in [-0.2, 0) is 4.79 Å². The third kappa shape index (κ3) is 4.13. The second-order valence-electron chi connectivity index (χ2n) is 9.90. The first-order valence-electron chi connectivity index (χ1n) is 11.5. The van der Waals surface area contributed by atoms with Gasteiger partial charge < -0.3 is 10.2 Å². The summed E-state index contributed by atoms with van der Waals surface area (Å²) in [5, 5.41) is 3.73. The normalized spacial score (nSPS) is 22.0. The number of ketones is 1. The zero-order valence-electron chi connectivity index (χ0n) is 19.7. The van der Waals surface area contributed by atoms with Gasteiger partial charge in [-0.3, -0.25) is 9.79 Å². The highest BCUT2D eigenvalue weighted by Crippen LogP contribution is 2.45. The number of nitrogens with zero attached hydrogens (tertiary/aromatic N) is 2. The number of aliphatic imine (C=N–C) groups is 1. The van der Waals surface area contributed by atoms with Gasteiger partial charge in [-0.05, 0) is 80.5 Å². The van der Waals surface area contributed by atoms with Crippen LogP contribution in [0.1, 0.15) is 63.3 Å². The number of hydrogen-bond donors (Lipinski definition) is 1. The molecule has 0 amide bonds. The van der Waals surface area contributed by atoms with Gasteiger partial charge in [0.2, 0.25) is 0 Å². The predicted molar refractivity (Wildman–Crippen MR) is 131 cm³/mol. The number of fused-ring (bicyclic) bond motifs is 2. The number of nitrogens with one attached hydrogen (secondary N) is 1. The largest absolute Gasteiger partial charge is 0.375 e. The monoisotopic (exact) mass is 417 g/mol. The van der Waals surface area contributed by atoms with Gasteiger partial charge in [-0.1, -0.05) is 26.0 Å². The Morgan fingerprint density at radius 3 is 2.32 bits per heavy atom. The van der Waals surface area contributed by atoms with Crippen molar-refractivity contribution in [2.45, 2.75) is 60.4 Å². The first kappa shape index (κ1) is 21.6. The number of benzene rings is 2. The lowest BCUT2D eigenvalue weighted by Crippen LogP contribution is -2.42. The fraction of sp³-hybridized carbons (Fsp3) is 0.481. The van der Waals surface area contributed by atoms with Crippen LogP contribution in [0.2, 0.25) is 0 Å². The minimum absolute atomic E-state index is 0.0478. The molecule has 4 heteroatoms. The molecule has 1 heterocycles. The fourth-order valence-electron chi connectivity index (χ4n) is 5.09. The molecule has 2 aliphatic rings. The maximum Gasteiger partial charge on any atom is 0.144 e. The van der Waals surface area contributed by atoms with Crippen LogP contribution < -0.4 is 10.2 Å². The zero-order valence-corrected chi connectivity index (χ0v) is 19.7. The van der Waals surface area contributed by atoms with Gasteiger partial charge in [0, 0.05) is 30.9 Å². The lowest BCUT2D eigenvalue weighted by Gasteiger charge is -2.37. The van der Waals surface area contributed by atoms with Crippen molar-refractivity contribution in [1.82, 2.24) is 0 Å². The van der Waals surface area contributed by atoms with Crippen LogP contribution in [0.3, 0.4) is 0 Å². The van der Waals surface area contributed by atoms with Crippen LogP contribution in [0.15, 0.2) is 41.4 Å². The maximum atomic E-state index is 13.4. The first-order chi connectivity index (χ1) is 14.7. The number of carbonyl (C=O) groups is 1. The summed E-state index contributed by atoms with van der Waals surface area (Å²) >= 11 is 0. The van der Waals surface area contributed by atoms with E-state index in [9.17, 15) is 4.79 Å². The molecule has 0 aromatic heterocycles. The van der Waals surface area contributed by atoms with E-state index in [0.29, 0.717) is 12.2 Å². The van der Waals surface area contributed by atoms with E-state index in [0.717, 1.165) is 42.2 Å². The van der Waals surface area contributed by atoms with Gasteiger partial charge in [-0.2, -0.15) is 0 Å². The third-order valence-electron chi connectivity index (χ3n) is 6.92. The number of hydrogen-bond acceptors (Lipinski definition) is 4. The number of anilines is 2. The smallest absolute Gasteiger partial charge is 0.144 e. The average molecular weight is 418 g/mol. The summed E-state index contributed by atoms with van der Waals surface area (Å²) in [5.41, 5.74) is 7.78. The Balaban J connectivity index is 1.80. The summed E-state index contributed by atoms with van der Waals surface area (Å²) in [6.07, 6.45) is 1.45. The Bertz CT molecular complexity index is 1020. The van der Waals surface area contributed by atoms with Crippen molar-refractivity contribution in [1.29, 1.82) is 0 Å².